The van der Waals surface area contributed by atoms with Crippen molar-refractivity contribution >= 4 is 43.4 Å². The number of benzene rings is 2. The Labute approximate surface area is 201 Å². The van der Waals surface area contributed by atoms with Crippen LogP contribution in [-0.4, -0.2) is 66.2 Å². The van der Waals surface area contributed by atoms with E-state index in [1.807, 2.05) is 6.07 Å². The van der Waals surface area contributed by atoms with Gasteiger partial charge in [-0.2, -0.15) is 11.8 Å². The summed E-state index contributed by atoms with van der Waals surface area (Å²) in [5.74, 6) is 1.34. The number of carbonyl (C=O) groups excluding carboxylic acids is 1. The minimum absolute atomic E-state index is 0.0392. The lowest BCUT2D eigenvalue weighted by Crippen LogP contribution is -2.40. The average Bonchev–Trinajstić information content (AvgIpc) is 2.73. The topological polar surface area (TPSA) is 104 Å². The van der Waals surface area contributed by atoms with Gasteiger partial charge in [-0.15, -0.1) is 0 Å². The van der Waals surface area contributed by atoms with Gasteiger partial charge in [0.05, 0.1) is 16.8 Å². The van der Waals surface area contributed by atoms with Crippen molar-refractivity contribution in [1.29, 1.82) is 0 Å². The molecule has 11 heteroatoms. The van der Waals surface area contributed by atoms with Crippen LogP contribution < -0.4 is 9.62 Å². The molecule has 0 aromatic heterocycles. The molecule has 8 nitrogen and oxygen atoms in total. The largest absolute Gasteiger partial charge is 0.354 e. The zero-order valence-electron chi connectivity index (χ0n) is 19.3. The molecular weight excluding hydrogens is 482 g/mol. The van der Waals surface area contributed by atoms with Crippen LogP contribution in [0.15, 0.2) is 53.4 Å². The first kappa shape index (κ1) is 27.2. The van der Waals surface area contributed by atoms with E-state index in [2.05, 4.69) is 30.4 Å². The molecule has 1 N–H and O–H groups in total. The number of hydrogen-bond acceptors (Lipinski definition) is 6. The Balaban J connectivity index is 1.88. The van der Waals surface area contributed by atoms with Crippen molar-refractivity contribution in [3.8, 4) is 0 Å². The van der Waals surface area contributed by atoms with Gasteiger partial charge in [0, 0.05) is 26.4 Å². The maximum absolute atomic E-state index is 12.4. The number of rotatable bonds is 12. The minimum atomic E-state index is -3.74. The van der Waals surface area contributed by atoms with Gasteiger partial charge < -0.3 is 5.32 Å². The number of nitrogens with one attached hydrogen (secondary N) is 1. The van der Waals surface area contributed by atoms with E-state index in [0.717, 1.165) is 32.8 Å². The first-order chi connectivity index (χ1) is 15.4. The predicted molar refractivity (Wildman–Crippen MR) is 134 cm³/mol. The molecule has 0 unspecified atom stereocenters. The molecule has 0 saturated carbocycles. The lowest BCUT2D eigenvalue weighted by atomic mass is 10.2. The Morgan fingerprint density at radius 2 is 1.70 bits per heavy atom. The van der Waals surface area contributed by atoms with Crippen molar-refractivity contribution in [2.45, 2.75) is 24.0 Å². The molecule has 0 aliphatic heterocycles. The Morgan fingerprint density at radius 1 is 1.03 bits per heavy atom. The normalized spacial score (nSPS) is 12.0. The van der Waals surface area contributed by atoms with Gasteiger partial charge in [-0.3, -0.25) is 9.10 Å². The van der Waals surface area contributed by atoms with E-state index in [-0.39, 0.29) is 17.1 Å². The number of aryl methyl sites for hydroxylation is 1. The van der Waals surface area contributed by atoms with Crippen LogP contribution in [0.25, 0.3) is 0 Å². The van der Waals surface area contributed by atoms with E-state index >= 15 is 0 Å². The van der Waals surface area contributed by atoms with Crippen molar-refractivity contribution in [3.63, 3.8) is 0 Å². The molecule has 0 aliphatic rings. The number of nitrogens with zero attached hydrogens (tertiary/aromatic N) is 2. The van der Waals surface area contributed by atoms with Gasteiger partial charge >= 0.3 is 0 Å². The Morgan fingerprint density at radius 3 is 2.27 bits per heavy atom. The van der Waals surface area contributed by atoms with Gasteiger partial charge in [-0.1, -0.05) is 29.8 Å². The fourth-order valence-corrected chi connectivity index (χ4v) is 5.64. The smallest absolute Gasteiger partial charge is 0.242 e. The van der Waals surface area contributed by atoms with Crippen LogP contribution >= 0.6 is 11.8 Å². The molecule has 2 rings (SSSR count). The number of amides is 1. The zero-order chi connectivity index (χ0) is 24.6. The summed E-state index contributed by atoms with van der Waals surface area (Å²) in [5.41, 5.74) is 2.71. The van der Waals surface area contributed by atoms with Crippen molar-refractivity contribution in [2.75, 3.05) is 43.5 Å². The van der Waals surface area contributed by atoms with Crippen molar-refractivity contribution in [1.82, 2.24) is 9.62 Å². The van der Waals surface area contributed by atoms with Gasteiger partial charge in [0.1, 0.15) is 6.54 Å². The number of sulfonamides is 2. The van der Waals surface area contributed by atoms with E-state index in [9.17, 15) is 21.6 Å². The molecule has 2 aromatic rings. The SMILES string of the molecule is Cc1cccc(CSCCCNC(=O)CN(c2ccc(S(=O)(=O)N(C)C)cc2)S(C)(=O)=O)c1. The summed E-state index contributed by atoms with van der Waals surface area (Å²) in [5, 5.41) is 2.75. The van der Waals surface area contributed by atoms with Gasteiger partial charge in [0.2, 0.25) is 26.0 Å². The van der Waals surface area contributed by atoms with Crippen LogP contribution in [0.1, 0.15) is 17.5 Å². The third-order valence-electron chi connectivity index (χ3n) is 4.73. The standard InChI is InChI=1S/C22H31N3O5S3/c1-18-7-5-8-19(15-18)17-31-14-6-13-23-22(26)16-25(32(4,27)28)20-9-11-21(12-10-20)33(29,30)24(2)3/h5,7-12,15H,6,13-14,16-17H2,1-4H3,(H,23,26). The number of thioether (sulfide) groups is 1. The molecule has 0 spiro atoms. The maximum Gasteiger partial charge on any atom is 0.242 e. The van der Waals surface area contributed by atoms with E-state index in [1.54, 1.807) is 11.8 Å². The highest BCUT2D eigenvalue weighted by Gasteiger charge is 2.22. The van der Waals surface area contributed by atoms with Gasteiger partial charge in [0.25, 0.3) is 0 Å². The van der Waals surface area contributed by atoms with E-state index < -0.39 is 26.0 Å². The molecule has 33 heavy (non-hydrogen) atoms. The molecule has 1 amide bonds. The Kier molecular flexibility index (Phi) is 9.77. The van der Waals surface area contributed by atoms with E-state index in [0.29, 0.717) is 6.54 Å². The molecule has 0 bridgehead atoms. The van der Waals surface area contributed by atoms with Crippen LogP contribution in [0.5, 0.6) is 0 Å². The van der Waals surface area contributed by atoms with Crippen LogP contribution in [0, 0.1) is 6.92 Å². The van der Waals surface area contributed by atoms with E-state index in [4.69, 9.17) is 0 Å². The quantitative estimate of drug-likeness (QED) is 0.437. The van der Waals surface area contributed by atoms with Crippen molar-refractivity contribution in [3.05, 3.63) is 59.7 Å². The number of carbonyl (C=O) groups is 1. The summed E-state index contributed by atoms with van der Waals surface area (Å²) in [6.45, 7) is 2.12. The second-order valence-electron chi connectivity index (χ2n) is 7.80. The highest BCUT2D eigenvalue weighted by atomic mass is 32.2. The first-order valence-corrected chi connectivity index (χ1v) is 14.8. The molecule has 182 valence electrons. The highest BCUT2D eigenvalue weighted by molar-refractivity contribution is 7.98. The fourth-order valence-electron chi connectivity index (χ4n) is 2.98. The fraction of sp³-hybridized carbons (Fsp3) is 0.409. The summed E-state index contributed by atoms with van der Waals surface area (Å²) >= 11 is 1.78. The van der Waals surface area contributed by atoms with Crippen molar-refractivity contribution < 1.29 is 21.6 Å². The first-order valence-electron chi connectivity index (χ1n) is 10.3. The predicted octanol–water partition coefficient (Wildman–Crippen LogP) is 2.45. The second kappa shape index (κ2) is 11.9. The third kappa shape index (κ3) is 8.33. The molecule has 0 atom stereocenters. The van der Waals surface area contributed by atoms with Crippen molar-refractivity contribution in [2.24, 2.45) is 0 Å². The highest BCUT2D eigenvalue weighted by Crippen LogP contribution is 2.21. The van der Waals surface area contributed by atoms with Gasteiger partial charge in [-0.05, 0) is 48.9 Å². The monoisotopic (exact) mass is 513 g/mol. The number of hydrogen-bond donors (Lipinski definition) is 1. The molecule has 2 aromatic carbocycles. The molecule has 0 saturated heterocycles. The van der Waals surface area contributed by atoms with E-state index in [1.165, 1.54) is 49.5 Å². The van der Waals surface area contributed by atoms with Gasteiger partial charge in [-0.25, -0.2) is 21.1 Å². The number of anilines is 1. The van der Waals surface area contributed by atoms with Crippen LogP contribution in [0.2, 0.25) is 0 Å². The molecule has 0 heterocycles. The summed E-state index contributed by atoms with van der Waals surface area (Å²) in [4.78, 5) is 12.4. The zero-order valence-corrected chi connectivity index (χ0v) is 21.8. The summed E-state index contributed by atoms with van der Waals surface area (Å²) in [6.07, 6.45) is 1.77. The summed E-state index contributed by atoms with van der Waals surface area (Å²) in [6, 6.07) is 13.7. The minimum Gasteiger partial charge on any atom is -0.354 e. The van der Waals surface area contributed by atoms with Crippen LogP contribution in [0.4, 0.5) is 5.69 Å². The lowest BCUT2D eigenvalue weighted by Gasteiger charge is -2.22. The molecule has 0 radical (unpaired) electrons. The van der Waals surface area contributed by atoms with Crippen LogP contribution in [-0.2, 0) is 30.6 Å². The molecule has 0 aliphatic carbocycles. The molecule has 0 fully saturated rings. The average molecular weight is 514 g/mol. The van der Waals surface area contributed by atoms with Crippen LogP contribution in [0.3, 0.4) is 0 Å². The molecular formula is C22H31N3O5S3. The van der Waals surface area contributed by atoms with Gasteiger partial charge in [0.15, 0.2) is 0 Å². The summed E-state index contributed by atoms with van der Waals surface area (Å²) in [7, 11) is -4.55. The lowest BCUT2D eigenvalue weighted by molar-refractivity contribution is -0.119. The third-order valence-corrected chi connectivity index (χ3v) is 8.81. The Bertz CT molecular complexity index is 1150. The second-order valence-corrected chi connectivity index (χ2v) is 13.0. The summed E-state index contributed by atoms with van der Waals surface area (Å²) < 4.78 is 50.9. The Hall–Kier alpha value is -2.08. The maximum atomic E-state index is 12.4.